The van der Waals surface area contributed by atoms with Gasteiger partial charge >= 0.3 is 5.97 Å². The summed E-state index contributed by atoms with van der Waals surface area (Å²) in [4.78, 5) is 10.7. The number of hydrogen-bond acceptors (Lipinski definition) is 4. The van der Waals surface area contributed by atoms with Gasteiger partial charge in [0, 0.05) is 18.8 Å². The number of halogens is 3. The molecule has 0 aliphatic rings. The molecule has 0 aliphatic heterocycles. The van der Waals surface area contributed by atoms with Crippen molar-refractivity contribution in [2.75, 3.05) is 4.72 Å². The third-order valence-electron chi connectivity index (χ3n) is 2.34. The van der Waals surface area contributed by atoms with Crippen LogP contribution < -0.4 is 4.72 Å². The van der Waals surface area contributed by atoms with Crippen LogP contribution >= 0.6 is 59.1 Å². The Hall–Kier alpha value is -0.420. The SMILES string of the molecule is O=C(O)c1cc(S(=O)(=O)Nc2c(Br)cc(Br)cc2Br)cs1. The van der Waals surface area contributed by atoms with E-state index in [1.807, 2.05) is 0 Å². The van der Waals surface area contributed by atoms with E-state index >= 15 is 0 Å². The molecule has 0 unspecified atom stereocenters. The summed E-state index contributed by atoms with van der Waals surface area (Å²) >= 11 is 10.7. The molecular weight excluding hydrogens is 514 g/mol. The van der Waals surface area contributed by atoms with Crippen LogP contribution in [0, 0.1) is 0 Å². The molecule has 5 nitrogen and oxygen atoms in total. The second-order valence-corrected chi connectivity index (χ2v) is 9.02. The van der Waals surface area contributed by atoms with E-state index in [0.29, 0.717) is 14.6 Å². The van der Waals surface area contributed by atoms with Crippen LogP contribution in [0.5, 0.6) is 0 Å². The van der Waals surface area contributed by atoms with Gasteiger partial charge in [0.15, 0.2) is 0 Å². The van der Waals surface area contributed by atoms with Crippen LogP contribution in [0.25, 0.3) is 0 Å². The number of hydrogen-bond donors (Lipinski definition) is 2. The van der Waals surface area contributed by atoms with Gasteiger partial charge in [0.05, 0.1) is 10.6 Å². The lowest BCUT2D eigenvalue weighted by molar-refractivity contribution is 0.0702. The summed E-state index contributed by atoms with van der Waals surface area (Å²) in [7, 11) is -3.86. The lowest BCUT2D eigenvalue weighted by Crippen LogP contribution is -2.13. The molecule has 1 heterocycles. The molecule has 0 radical (unpaired) electrons. The van der Waals surface area contributed by atoms with Crippen molar-refractivity contribution in [1.82, 2.24) is 0 Å². The van der Waals surface area contributed by atoms with E-state index in [1.165, 1.54) is 5.38 Å². The predicted octanol–water partition coefficient (Wildman–Crippen LogP) is 4.53. The van der Waals surface area contributed by atoms with Crippen molar-refractivity contribution in [1.29, 1.82) is 0 Å². The fraction of sp³-hybridized carbons (Fsp3) is 0. The van der Waals surface area contributed by atoms with Crippen LogP contribution in [0.15, 0.2) is 41.9 Å². The molecule has 0 aliphatic carbocycles. The Bertz CT molecular complexity index is 794. The van der Waals surface area contributed by atoms with Crippen LogP contribution in [0.1, 0.15) is 9.67 Å². The van der Waals surface area contributed by atoms with E-state index in [4.69, 9.17) is 5.11 Å². The van der Waals surface area contributed by atoms with E-state index < -0.39 is 16.0 Å². The molecule has 2 N–H and O–H groups in total. The topological polar surface area (TPSA) is 83.5 Å². The van der Waals surface area contributed by atoms with Gasteiger partial charge in [-0.2, -0.15) is 0 Å². The van der Waals surface area contributed by atoms with Crippen LogP contribution in [0.3, 0.4) is 0 Å². The molecule has 0 spiro atoms. The average molecular weight is 520 g/mol. The second kappa shape index (κ2) is 6.37. The summed E-state index contributed by atoms with van der Waals surface area (Å²) in [5, 5.41) is 10.1. The number of anilines is 1. The van der Waals surface area contributed by atoms with E-state index in [9.17, 15) is 13.2 Å². The number of carbonyl (C=O) groups is 1. The lowest BCUT2D eigenvalue weighted by Gasteiger charge is -2.11. The van der Waals surface area contributed by atoms with Crippen molar-refractivity contribution in [3.63, 3.8) is 0 Å². The van der Waals surface area contributed by atoms with Gasteiger partial charge in [-0.3, -0.25) is 4.72 Å². The molecular formula is C11H6Br3NO4S2. The van der Waals surface area contributed by atoms with E-state index in [1.54, 1.807) is 12.1 Å². The zero-order chi connectivity index (χ0) is 15.8. The molecule has 10 heteroatoms. The van der Waals surface area contributed by atoms with Gasteiger partial charge in [0.1, 0.15) is 4.88 Å². The zero-order valence-electron chi connectivity index (χ0n) is 9.93. The van der Waals surface area contributed by atoms with Crippen LogP contribution in [0.2, 0.25) is 0 Å². The molecule has 0 amide bonds. The number of rotatable bonds is 4. The number of carboxylic acid groups (broad SMARTS) is 1. The third-order valence-corrected chi connectivity index (χ3v) is 6.45. The summed E-state index contributed by atoms with van der Waals surface area (Å²) in [5.41, 5.74) is 0.335. The van der Waals surface area contributed by atoms with E-state index in [0.717, 1.165) is 21.9 Å². The van der Waals surface area contributed by atoms with Gasteiger partial charge in [-0.25, -0.2) is 13.2 Å². The standard InChI is InChI=1S/C11H6Br3NO4S2/c12-5-1-7(13)10(8(14)2-5)15-21(18,19)6-3-9(11(16)17)20-4-6/h1-4,15H,(H,16,17). The first-order chi connectivity index (χ1) is 9.70. The molecule has 21 heavy (non-hydrogen) atoms. The van der Waals surface area contributed by atoms with Crippen LogP contribution in [-0.2, 0) is 10.0 Å². The predicted molar refractivity (Wildman–Crippen MR) is 91.6 cm³/mol. The van der Waals surface area contributed by atoms with Crippen molar-refractivity contribution < 1.29 is 18.3 Å². The summed E-state index contributed by atoms with van der Waals surface area (Å²) in [6.07, 6.45) is 0. The minimum absolute atomic E-state index is 0.0377. The van der Waals surface area contributed by atoms with Crippen molar-refractivity contribution in [2.45, 2.75) is 4.90 Å². The monoisotopic (exact) mass is 517 g/mol. The summed E-state index contributed by atoms with van der Waals surface area (Å²) in [6.45, 7) is 0. The zero-order valence-corrected chi connectivity index (χ0v) is 16.3. The highest BCUT2D eigenvalue weighted by atomic mass is 79.9. The highest BCUT2D eigenvalue weighted by molar-refractivity contribution is 9.11. The number of benzene rings is 1. The Morgan fingerprint density at radius 1 is 1.14 bits per heavy atom. The Morgan fingerprint density at radius 2 is 1.71 bits per heavy atom. The molecule has 0 bridgehead atoms. The van der Waals surface area contributed by atoms with E-state index in [2.05, 4.69) is 52.5 Å². The normalized spacial score (nSPS) is 11.4. The quantitative estimate of drug-likeness (QED) is 0.621. The van der Waals surface area contributed by atoms with Gasteiger partial charge in [0.2, 0.25) is 0 Å². The first kappa shape index (κ1) is 16.9. The summed E-state index contributed by atoms with van der Waals surface area (Å²) < 4.78 is 28.8. The summed E-state index contributed by atoms with van der Waals surface area (Å²) in [6, 6.07) is 4.51. The van der Waals surface area contributed by atoms with Crippen LogP contribution in [-0.4, -0.2) is 19.5 Å². The minimum atomic E-state index is -3.86. The third kappa shape index (κ3) is 3.86. The number of carboxylic acids is 1. The fourth-order valence-corrected chi connectivity index (χ4v) is 6.34. The molecule has 0 saturated heterocycles. The molecule has 0 saturated carbocycles. The Labute approximate surface area is 149 Å². The minimum Gasteiger partial charge on any atom is -0.477 e. The van der Waals surface area contributed by atoms with Gasteiger partial charge < -0.3 is 5.11 Å². The van der Waals surface area contributed by atoms with Crippen molar-refractivity contribution in [3.8, 4) is 0 Å². The number of nitrogens with one attached hydrogen (secondary N) is 1. The summed E-state index contributed by atoms with van der Waals surface area (Å²) in [5.74, 6) is -1.16. The number of aromatic carboxylic acids is 1. The molecule has 0 fully saturated rings. The average Bonchev–Trinajstić information content (AvgIpc) is 2.84. The smallest absolute Gasteiger partial charge is 0.345 e. The lowest BCUT2D eigenvalue weighted by atomic mass is 10.3. The Morgan fingerprint density at radius 3 is 2.19 bits per heavy atom. The number of sulfonamides is 1. The fourth-order valence-electron chi connectivity index (χ4n) is 1.40. The highest BCUT2D eigenvalue weighted by Gasteiger charge is 2.21. The maximum atomic E-state index is 12.3. The maximum absolute atomic E-state index is 12.3. The van der Waals surface area contributed by atoms with Gasteiger partial charge in [-0.15, -0.1) is 11.3 Å². The van der Waals surface area contributed by atoms with Crippen molar-refractivity contribution in [2.24, 2.45) is 0 Å². The maximum Gasteiger partial charge on any atom is 0.345 e. The largest absolute Gasteiger partial charge is 0.477 e. The molecule has 2 aromatic rings. The molecule has 2 rings (SSSR count). The molecule has 0 atom stereocenters. The van der Waals surface area contributed by atoms with Crippen molar-refractivity contribution >= 4 is 80.8 Å². The number of thiophene rings is 1. The Balaban J connectivity index is 2.40. The van der Waals surface area contributed by atoms with Gasteiger partial charge in [-0.1, -0.05) is 15.9 Å². The van der Waals surface area contributed by atoms with Gasteiger partial charge in [-0.05, 0) is 50.1 Å². The van der Waals surface area contributed by atoms with Crippen molar-refractivity contribution in [3.05, 3.63) is 41.9 Å². The van der Waals surface area contributed by atoms with E-state index in [-0.39, 0.29) is 9.77 Å². The first-order valence-corrected chi connectivity index (χ1v) is 9.94. The second-order valence-electron chi connectivity index (χ2n) is 3.80. The molecule has 1 aromatic heterocycles. The highest BCUT2D eigenvalue weighted by Crippen LogP contribution is 2.36. The van der Waals surface area contributed by atoms with Crippen LogP contribution in [0.4, 0.5) is 5.69 Å². The molecule has 1 aromatic carbocycles. The molecule has 112 valence electrons. The van der Waals surface area contributed by atoms with Gasteiger partial charge in [0.25, 0.3) is 10.0 Å². The first-order valence-electron chi connectivity index (χ1n) is 5.20. The Kier molecular flexibility index (Phi) is 5.14.